The van der Waals surface area contributed by atoms with E-state index < -0.39 is 0 Å². The van der Waals surface area contributed by atoms with E-state index in [2.05, 4.69) is 54.8 Å². The van der Waals surface area contributed by atoms with E-state index in [0.29, 0.717) is 5.95 Å². The summed E-state index contributed by atoms with van der Waals surface area (Å²) in [5.41, 5.74) is 3.98. The van der Waals surface area contributed by atoms with Crippen LogP contribution in [0.2, 0.25) is 0 Å². The van der Waals surface area contributed by atoms with Gasteiger partial charge in [0.25, 0.3) is 0 Å². The molecule has 0 saturated carbocycles. The van der Waals surface area contributed by atoms with Gasteiger partial charge in [-0.1, -0.05) is 0 Å². The van der Waals surface area contributed by atoms with E-state index >= 15 is 0 Å². The number of rotatable bonds is 5. The molecule has 138 valence electrons. The zero-order valence-corrected chi connectivity index (χ0v) is 15.2. The van der Waals surface area contributed by atoms with E-state index in [1.165, 1.54) is 5.69 Å². The second kappa shape index (κ2) is 8.01. The highest BCUT2D eigenvalue weighted by atomic mass is 16.5. The van der Waals surface area contributed by atoms with Crippen molar-refractivity contribution >= 4 is 28.8 Å². The number of nitrogens with one attached hydrogen (secondary N) is 2. The van der Waals surface area contributed by atoms with Crippen LogP contribution in [0.25, 0.3) is 0 Å². The highest BCUT2D eigenvalue weighted by molar-refractivity contribution is 5.62. The van der Waals surface area contributed by atoms with Crippen molar-refractivity contribution in [2.24, 2.45) is 0 Å². The predicted octanol–water partition coefficient (Wildman–Crippen LogP) is 3.50. The summed E-state index contributed by atoms with van der Waals surface area (Å²) in [5, 5.41) is 6.56. The van der Waals surface area contributed by atoms with Crippen molar-refractivity contribution in [2.45, 2.75) is 6.92 Å². The van der Waals surface area contributed by atoms with E-state index in [9.17, 15) is 0 Å². The minimum atomic E-state index is 0.550. The maximum atomic E-state index is 5.41. The molecule has 0 atom stereocenters. The molecule has 27 heavy (non-hydrogen) atoms. The Morgan fingerprint density at radius 2 is 1.59 bits per heavy atom. The van der Waals surface area contributed by atoms with Crippen LogP contribution in [0.15, 0.2) is 54.9 Å². The van der Waals surface area contributed by atoms with Crippen LogP contribution >= 0.6 is 0 Å². The Balaban J connectivity index is 1.47. The third kappa shape index (κ3) is 4.51. The molecule has 1 aliphatic rings. The second-order valence-electron chi connectivity index (χ2n) is 6.35. The number of hydrogen-bond acceptors (Lipinski definition) is 7. The standard InChI is InChI=1S/C20H22N6O/c1-15-14-19(25-20(22-15)24-17-6-8-21-9-7-17)23-16-2-4-18(5-3-16)26-10-12-27-13-11-26/h2-9,14H,10-13H2,1H3,(H2,21,22,23,24,25). The summed E-state index contributed by atoms with van der Waals surface area (Å²) in [6, 6.07) is 14.1. The van der Waals surface area contributed by atoms with Gasteiger partial charge in [-0.05, 0) is 43.3 Å². The van der Waals surface area contributed by atoms with Crippen molar-refractivity contribution in [3.8, 4) is 0 Å². The first-order chi connectivity index (χ1) is 13.3. The Morgan fingerprint density at radius 1 is 0.889 bits per heavy atom. The number of benzene rings is 1. The number of ether oxygens (including phenoxy) is 1. The Morgan fingerprint density at radius 3 is 2.33 bits per heavy atom. The van der Waals surface area contributed by atoms with E-state index in [1.807, 2.05) is 25.1 Å². The van der Waals surface area contributed by atoms with Crippen molar-refractivity contribution in [1.82, 2.24) is 15.0 Å². The molecule has 1 saturated heterocycles. The molecule has 0 amide bonds. The molecule has 1 aliphatic heterocycles. The Kier molecular flexibility index (Phi) is 5.11. The lowest BCUT2D eigenvalue weighted by Crippen LogP contribution is -2.36. The fourth-order valence-electron chi connectivity index (χ4n) is 2.98. The molecule has 4 rings (SSSR count). The lowest BCUT2D eigenvalue weighted by Gasteiger charge is -2.28. The molecule has 3 heterocycles. The van der Waals surface area contributed by atoms with Gasteiger partial charge in [0.2, 0.25) is 5.95 Å². The van der Waals surface area contributed by atoms with Crippen LogP contribution in [-0.2, 0) is 4.74 Å². The number of morpholine rings is 1. The van der Waals surface area contributed by atoms with Crippen LogP contribution in [0, 0.1) is 6.92 Å². The fraction of sp³-hybridized carbons (Fsp3) is 0.250. The maximum Gasteiger partial charge on any atom is 0.229 e. The van der Waals surface area contributed by atoms with Gasteiger partial charge in [0, 0.05) is 54.3 Å². The third-order valence-corrected chi connectivity index (χ3v) is 4.31. The molecular formula is C20H22N6O. The topological polar surface area (TPSA) is 75.2 Å². The van der Waals surface area contributed by atoms with E-state index in [0.717, 1.165) is 49.2 Å². The highest BCUT2D eigenvalue weighted by Crippen LogP contribution is 2.22. The molecule has 0 radical (unpaired) electrons. The first-order valence-electron chi connectivity index (χ1n) is 8.99. The lowest BCUT2D eigenvalue weighted by atomic mass is 10.2. The number of aromatic nitrogens is 3. The monoisotopic (exact) mass is 362 g/mol. The van der Waals surface area contributed by atoms with Gasteiger partial charge >= 0.3 is 0 Å². The van der Waals surface area contributed by atoms with E-state index in [4.69, 9.17) is 4.74 Å². The van der Waals surface area contributed by atoms with Crippen LogP contribution in [0.4, 0.5) is 28.8 Å². The molecule has 0 unspecified atom stereocenters. The van der Waals surface area contributed by atoms with Gasteiger partial charge in [-0.25, -0.2) is 4.98 Å². The van der Waals surface area contributed by atoms with Crippen LogP contribution in [0.1, 0.15) is 5.69 Å². The smallest absolute Gasteiger partial charge is 0.229 e. The third-order valence-electron chi connectivity index (χ3n) is 4.31. The van der Waals surface area contributed by atoms with Crippen LogP contribution in [0.5, 0.6) is 0 Å². The molecule has 1 aromatic carbocycles. The summed E-state index contributed by atoms with van der Waals surface area (Å²) in [5.74, 6) is 1.30. The number of nitrogens with zero attached hydrogens (tertiary/aromatic N) is 4. The first kappa shape index (κ1) is 17.2. The van der Waals surface area contributed by atoms with Crippen molar-refractivity contribution in [2.75, 3.05) is 41.8 Å². The minimum absolute atomic E-state index is 0.550. The SMILES string of the molecule is Cc1cc(Nc2ccc(N3CCOCC3)cc2)nc(Nc2ccncc2)n1. The lowest BCUT2D eigenvalue weighted by molar-refractivity contribution is 0.122. The Labute approximate surface area is 158 Å². The average Bonchev–Trinajstić information content (AvgIpc) is 2.70. The van der Waals surface area contributed by atoms with Gasteiger partial charge in [0.1, 0.15) is 5.82 Å². The van der Waals surface area contributed by atoms with Gasteiger partial charge in [-0.2, -0.15) is 4.98 Å². The summed E-state index contributed by atoms with van der Waals surface area (Å²) in [4.78, 5) is 15.3. The first-order valence-corrected chi connectivity index (χ1v) is 8.99. The van der Waals surface area contributed by atoms with Crippen molar-refractivity contribution in [1.29, 1.82) is 0 Å². The molecule has 2 N–H and O–H groups in total. The molecule has 1 fully saturated rings. The number of hydrogen-bond donors (Lipinski definition) is 2. The fourth-order valence-corrected chi connectivity index (χ4v) is 2.98. The molecule has 0 aliphatic carbocycles. The zero-order chi connectivity index (χ0) is 18.5. The van der Waals surface area contributed by atoms with Gasteiger partial charge in [-0.3, -0.25) is 4.98 Å². The minimum Gasteiger partial charge on any atom is -0.378 e. The molecule has 7 nitrogen and oxygen atoms in total. The summed E-state index contributed by atoms with van der Waals surface area (Å²) >= 11 is 0. The summed E-state index contributed by atoms with van der Waals surface area (Å²) in [7, 11) is 0. The van der Waals surface area contributed by atoms with Crippen molar-refractivity contribution in [3.63, 3.8) is 0 Å². The van der Waals surface area contributed by atoms with E-state index in [1.54, 1.807) is 12.4 Å². The number of pyridine rings is 1. The van der Waals surface area contributed by atoms with Gasteiger partial charge < -0.3 is 20.3 Å². The molecule has 2 aromatic heterocycles. The van der Waals surface area contributed by atoms with Gasteiger partial charge in [0.15, 0.2) is 0 Å². The van der Waals surface area contributed by atoms with Crippen LogP contribution in [-0.4, -0.2) is 41.3 Å². The van der Waals surface area contributed by atoms with Crippen molar-refractivity contribution in [3.05, 3.63) is 60.6 Å². The Bertz CT molecular complexity index is 879. The number of anilines is 5. The van der Waals surface area contributed by atoms with E-state index in [-0.39, 0.29) is 0 Å². The van der Waals surface area contributed by atoms with Gasteiger partial charge in [-0.15, -0.1) is 0 Å². The molecule has 0 spiro atoms. The molecule has 3 aromatic rings. The maximum absolute atomic E-state index is 5.41. The van der Waals surface area contributed by atoms with Crippen LogP contribution < -0.4 is 15.5 Å². The van der Waals surface area contributed by atoms with Gasteiger partial charge in [0.05, 0.1) is 13.2 Å². The average molecular weight is 362 g/mol. The predicted molar refractivity (Wildman–Crippen MR) is 107 cm³/mol. The molecule has 0 bridgehead atoms. The Hall–Kier alpha value is -3.19. The summed E-state index contributed by atoms with van der Waals surface area (Å²) in [6.07, 6.45) is 3.46. The number of aryl methyl sites for hydroxylation is 1. The zero-order valence-electron chi connectivity index (χ0n) is 15.2. The highest BCUT2D eigenvalue weighted by Gasteiger charge is 2.11. The summed E-state index contributed by atoms with van der Waals surface area (Å²) in [6.45, 7) is 5.39. The second-order valence-corrected chi connectivity index (χ2v) is 6.35. The molecular weight excluding hydrogens is 340 g/mol. The van der Waals surface area contributed by atoms with Crippen LogP contribution in [0.3, 0.4) is 0 Å². The molecule has 7 heteroatoms. The normalized spacial score (nSPS) is 14.0. The summed E-state index contributed by atoms with van der Waals surface area (Å²) < 4.78 is 5.41. The van der Waals surface area contributed by atoms with Crippen molar-refractivity contribution < 1.29 is 4.74 Å². The quantitative estimate of drug-likeness (QED) is 0.719. The largest absolute Gasteiger partial charge is 0.378 e.